The second-order valence-corrected chi connectivity index (χ2v) is 4.67. The maximum absolute atomic E-state index is 12.5. The van der Waals surface area contributed by atoms with Crippen LogP contribution in [0, 0.1) is 0 Å². The molecule has 0 fully saturated rings. The van der Waals surface area contributed by atoms with E-state index in [0.29, 0.717) is 11.5 Å². The summed E-state index contributed by atoms with van der Waals surface area (Å²) in [6, 6.07) is 4.70. The number of ether oxygens (including phenoxy) is 2. The van der Waals surface area contributed by atoms with Crippen molar-refractivity contribution in [2.45, 2.75) is 18.8 Å². The van der Waals surface area contributed by atoms with Crippen LogP contribution in [0.2, 0.25) is 0 Å². The Kier molecular flexibility index (Phi) is 3.25. The van der Waals surface area contributed by atoms with Crippen LogP contribution in [0.25, 0.3) is 0 Å². The number of halogens is 3. The average molecular weight is 299 g/mol. The Morgan fingerprint density at radius 1 is 1.29 bits per heavy atom. The van der Waals surface area contributed by atoms with Gasteiger partial charge in [-0.2, -0.15) is 18.3 Å². The lowest BCUT2D eigenvalue weighted by Gasteiger charge is -2.12. The molecule has 1 aromatic carbocycles. The molecule has 2 N–H and O–H groups in total. The minimum atomic E-state index is -4.40. The van der Waals surface area contributed by atoms with Crippen molar-refractivity contribution < 1.29 is 22.6 Å². The lowest BCUT2D eigenvalue weighted by atomic mass is 10.1. The number of nitrogens with zero attached hydrogens (tertiary/aromatic N) is 2. The zero-order valence-electron chi connectivity index (χ0n) is 10.8. The highest BCUT2D eigenvalue weighted by Crippen LogP contribution is 2.34. The molecule has 1 aromatic heterocycles. The van der Waals surface area contributed by atoms with Crippen LogP contribution in [0.3, 0.4) is 0 Å². The van der Waals surface area contributed by atoms with Gasteiger partial charge < -0.3 is 15.2 Å². The zero-order chi connectivity index (χ0) is 15.0. The third kappa shape index (κ3) is 2.80. The maximum atomic E-state index is 12.5. The molecule has 0 spiro atoms. The molecule has 21 heavy (non-hydrogen) atoms. The molecule has 5 nitrogen and oxygen atoms in total. The predicted molar refractivity (Wildman–Crippen MR) is 66.7 cm³/mol. The van der Waals surface area contributed by atoms with E-state index in [-0.39, 0.29) is 13.3 Å². The van der Waals surface area contributed by atoms with Gasteiger partial charge in [0.05, 0.1) is 18.3 Å². The van der Waals surface area contributed by atoms with Gasteiger partial charge >= 0.3 is 6.18 Å². The second-order valence-electron chi connectivity index (χ2n) is 4.67. The largest absolute Gasteiger partial charge is 0.454 e. The fourth-order valence-electron chi connectivity index (χ4n) is 2.06. The van der Waals surface area contributed by atoms with Gasteiger partial charge in [0.15, 0.2) is 11.5 Å². The van der Waals surface area contributed by atoms with Crippen molar-refractivity contribution in [3.05, 3.63) is 41.7 Å². The Bertz CT molecular complexity index is 654. The third-order valence-electron chi connectivity index (χ3n) is 3.17. The number of nitrogens with two attached hydrogens (primary N) is 1. The summed E-state index contributed by atoms with van der Waals surface area (Å²) in [7, 11) is 0. The van der Waals surface area contributed by atoms with Gasteiger partial charge in [0.25, 0.3) is 0 Å². The predicted octanol–water partition coefficient (Wildman–Crippen LogP) is 2.33. The van der Waals surface area contributed by atoms with Gasteiger partial charge in [-0.25, -0.2) is 0 Å². The van der Waals surface area contributed by atoms with Crippen LogP contribution in [-0.2, 0) is 12.7 Å². The molecule has 0 bridgehead atoms. The third-order valence-corrected chi connectivity index (χ3v) is 3.17. The average Bonchev–Trinajstić information content (AvgIpc) is 3.04. The monoisotopic (exact) mass is 299 g/mol. The topological polar surface area (TPSA) is 62.3 Å². The van der Waals surface area contributed by atoms with Gasteiger partial charge in [0.1, 0.15) is 0 Å². The molecular weight excluding hydrogens is 287 g/mol. The lowest BCUT2D eigenvalue weighted by Crippen LogP contribution is -2.18. The molecule has 8 heteroatoms. The molecule has 112 valence electrons. The normalized spacial score (nSPS) is 15.2. The molecule has 0 saturated heterocycles. The van der Waals surface area contributed by atoms with Crippen LogP contribution in [-0.4, -0.2) is 16.6 Å². The highest BCUT2D eigenvalue weighted by Gasteiger charge is 2.32. The number of aromatic nitrogens is 2. The van der Waals surface area contributed by atoms with Crippen LogP contribution in [0.5, 0.6) is 11.5 Å². The molecule has 1 unspecified atom stereocenters. The number of benzene rings is 1. The second kappa shape index (κ2) is 4.96. The Hall–Kier alpha value is -2.22. The molecule has 3 rings (SSSR count). The van der Waals surface area contributed by atoms with E-state index in [2.05, 4.69) is 5.10 Å². The Labute approximate surface area is 118 Å². The van der Waals surface area contributed by atoms with Gasteiger partial charge in [0.2, 0.25) is 6.79 Å². The number of fused-ring (bicyclic) bond motifs is 1. The number of hydrogen-bond acceptors (Lipinski definition) is 4. The van der Waals surface area contributed by atoms with E-state index in [4.69, 9.17) is 15.2 Å². The highest BCUT2D eigenvalue weighted by molar-refractivity contribution is 5.45. The van der Waals surface area contributed by atoms with Crippen LogP contribution in [0.1, 0.15) is 17.2 Å². The van der Waals surface area contributed by atoms with Gasteiger partial charge in [0, 0.05) is 12.2 Å². The molecule has 0 aliphatic carbocycles. The first-order valence-corrected chi connectivity index (χ1v) is 6.18. The molecule has 0 radical (unpaired) electrons. The van der Waals surface area contributed by atoms with Crippen molar-refractivity contribution in [1.29, 1.82) is 0 Å². The van der Waals surface area contributed by atoms with E-state index >= 15 is 0 Å². The van der Waals surface area contributed by atoms with Gasteiger partial charge in [-0.1, -0.05) is 6.07 Å². The molecule has 2 aromatic rings. The SMILES string of the molecule is NC(Cn1cc(C(F)(F)F)cn1)c1ccc2c(c1)OCO2. The summed E-state index contributed by atoms with van der Waals surface area (Å²) in [4.78, 5) is 0. The molecule has 0 saturated carbocycles. The van der Waals surface area contributed by atoms with E-state index < -0.39 is 17.8 Å². The maximum Gasteiger partial charge on any atom is 0.419 e. The summed E-state index contributed by atoms with van der Waals surface area (Å²) in [5.74, 6) is 1.21. The van der Waals surface area contributed by atoms with Crippen LogP contribution in [0.15, 0.2) is 30.6 Å². The van der Waals surface area contributed by atoms with E-state index in [1.807, 2.05) is 0 Å². The van der Waals surface area contributed by atoms with Crippen LogP contribution < -0.4 is 15.2 Å². The van der Waals surface area contributed by atoms with Gasteiger partial charge in [-0.15, -0.1) is 0 Å². The fourth-order valence-corrected chi connectivity index (χ4v) is 2.06. The summed E-state index contributed by atoms with van der Waals surface area (Å²) in [6.07, 6.45) is -2.68. The van der Waals surface area contributed by atoms with E-state index in [0.717, 1.165) is 18.0 Å². The first kappa shape index (κ1) is 13.7. The summed E-state index contributed by atoms with van der Waals surface area (Å²) < 4.78 is 49.1. The molecule has 1 aliphatic heterocycles. The molecule has 1 atom stereocenters. The molecule has 1 aliphatic rings. The van der Waals surface area contributed by atoms with E-state index in [1.54, 1.807) is 18.2 Å². The van der Waals surface area contributed by atoms with Crippen molar-refractivity contribution in [3.63, 3.8) is 0 Å². The molecule has 2 heterocycles. The smallest absolute Gasteiger partial charge is 0.419 e. The summed E-state index contributed by atoms with van der Waals surface area (Å²) in [5.41, 5.74) is 5.95. The summed E-state index contributed by atoms with van der Waals surface area (Å²) >= 11 is 0. The van der Waals surface area contributed by atoms with Crippen molar-refractivity contribution in [1.82, 2.24) is 9.78 Å². The number of hydrogen-bond donors (Lipinski definition) is 1. The molecule has 0 amide bonds. The van der Waals surface area contributed by atoms with Crippen molar-refractivity contribution in [2.75, 3.05) is 6.79 Å². The van der Waals surface area contributed by atoms with Gasteiger partial charge in [-0.3, -0.25) is 4.68 Å². The van der Waals surface area contributed by atoms with Crippen molar-refractivity contribution in [3.8, 4) is 11.5 Å². The van der Waals surface area contributed by atoms with Crippen LogP contribution >= 0.6 is 0 Å². The van der Waals surface area contributed by atoms with Crippen LogP contribution in [0.4, 0.5) is 13.2 Å². The fraction of sp³-hybridized carbons (Fsp3) is 0.308. The number of rotatable bonds is 3. The first-order chi connectivity index (χ1) is 9.93. The van der Waals surface area contributed by atoms with E-state index in [1.165, 1.54) is 4.68 Å². The Morgan fingerprint density at radius 3 is 2.76 bits per heavy atom. The Morgan fingerprint density at radius 2 is 2.05 bits per heavy atom. The first-order valence-electron chi connectivity index (χ1n) is 6.18. The van der Waals surface area contributed by atoms with Gasteiger partial charge in [-0.05, 0) is 17.7 Å². The summed E-state index contributed by atoms with van der Waals surface area (Å²) in [6.45, 7) is 0.290. The zero-order valence-corrected chi connectivity index (χ0v) is 10.8. The van der Waals surface area contributed by atoms with Crippen molar-refractivity contribution in [2.24, 2.45) is 5.73 Å². The Balaban J connectivity index is 1.74. The van der Waals surface area contributed by atoms with Crippen molar-refractivity contribution >= 4 is 0 Å². The highest BCUT2D eigenvalue weighted by atomic mass is 19.4. The minimum Gasteiger partial charge on any atom is -0.454 e. The summed E-state index contributed by atoms with van der Waals surface area (Å²) in [5, 5.41) is 3.68. The minimum absolute atomic E-state index is 0.135. The van der Waals surface area contributed by atoms with E-state index in [9.17, 15) is 13.2 Å². The number of alkyl halides is 3. The lowest BCUT2D eigenvalue weighted by molar-refractivity contribution is -0.137. The molecular formula is C13H12F3N3O2. The standard InChI is InChI=1S/C13H12F3N3O2/c14-13(15,16)9-4-18-19(5-9)6-10(17)8-1-2-11-12(3-8)21-7-20-11/h1-5,10H,6-7,17H2. The quantitative estimate of drug-likeness (QED) is 0.945.